The van der Waals surface area contributed by atoms with Gasteiger partial charge < -0.3 is 23.7 Å². The van der Waals surface area contributed by atoms with E-state index < -0.39 is 41.8 Å². The smallest absolute Gasteiger partial charge is 0.303 e. The van der Waals surface area contributed by atoms with Crippen molar-refractivity contribution in [3.05, 3.63) is 215 Å². The van der Waals surface area contributed by atoms with Gasteiger partial charge in [0.25, 0.3) is 0 Å². The number of benzene rings is 6. The summed E-state index contributed by atoms with van der Waals surface area (Å²) in [5.74, 6) is -0.464. The van der Waals surface area contributed by atoms with Crippen LogP contribution in [0.15, 0.2) is 182 Å². The van der Waals surface area contributed by atoms with Crippen molar-refractivity contribution in [2.75, 3.05) is 13.7 Å². The highest BCUT2D eigenvalue weighted by molar-refractivity contribution is 5.66. The molecule has 1 aliphatic rings. The first-order chi connectivity index (χ1) is 25.6. The van der Waals surface area contributed by atoms with Crippen LogP contribution in [0.3, 0.4) is 0 Å². The van der Waals surface area contributed by atoms with Gasteiger partial charge in [0.1, 0.15) is 23.4 Å². The minimum absolute atomic E-state index is 0.0470. The van der Waals surface area contributed by atoms with Gasteiger partial charge in [-0.3, -0.25) is 4.79 Å². The van der Waals surface area contributed by atoms with E-state index in [-0.39, 0.29) is 6.61 Å². The van der Waals surface area contributed by atoms with Crippen molar-refractivity contribution in [3.8, 4) is 0 Å². The molecular weight excluding hydrogens is 648 g/mol. The minimum Gasteiger partial charge on any atom is -0.457 e. The Hall–Kier alpha value is -5.37. The Morgan fingerprint density at radius 1 is 0.519 bits per heavy atom. The van der Waals surface area contributed by atoms with Gasteiger partial charge in [0.05, 0.1) is 6.61 Å². The first-order valence-electron chi connectivity index (χ1n) is 17.6. The topological polar surface area (TPSA) is 63.2 Å². The number of esters is 1. The molecule has 0 radical (unpaired) electrons. The fourth-order valence-electron chi connectivity index (χ4n) is 7.38. The highest BCUT2D eigenvalue weighted by Crippen LogP contribution is 2.46. The SMILES string of the molecule is CO[C@@H]1O[C@@H](COC(c2ccccc2)(c2ccccc2)c2ccccc2)[C@H](OC(C)=O)[C@H]1OC(c1ccccc1)(c1ccccc1)c1ccccc1. The highest BCUT2D eigenvalue weighted by Gasteiger charge is 2.54. The molecule has 6 nitrogen and oxygen atoms in total. The van der Waals surface area contributed by atoms with Crippen LogP contribution in [0, 0.1) is 0 Å². The quantitative estimate of drug-likeness (QED) is 0.0893. The second-order valence-corrected chi connectivity index (χ2v) is 12.8. The summed E-state index contributed by atoms with van der Waals surface area (Å²) < 4.78 is 33.4. The summed E-state index contributed by atoms with van der Waals surface area (Å²) in [4.78, 5) is 12.9. The lowest BCUT2D eigenvalue weighted by molar-refractivity contribution is -0.192. The van der Waals surface area contributed by atoms with E-state index in [1.165, 1.54) is 6.92 Å². The molecule has 1 saturated heterocycles. The van der Waals surface area contributed by atoms with Gasteiger partial charge in [-0.1, -0.05) is 182 Å². The zero-order valence-electron chi connectivity index (χ0n) is 29.3. The van der Waals surface area contributed by atoms with Crippen molar-refractivity contribution in [2.45, 2.75) is 42.7 Å². The number of ether oxygens (including phenoxy) is 5. The molecule has 0 unspecified atom stereocenters. The van der Waals surface area contributed by atoms with E-state index >= 15 is 0 Å². The third-order valence-electron chi connectivity index (χ3n) is 9.66. The molecule has 0 N–H and O–H groups in total. The summed E-state index contributed by atoms with van der Waals surface area (Å²) in [7, 11) is 1.58. The zero-order chi connectivity index (χ0) is 35.8. The average Bonchev–Trinajstić information content (AvgIpc) is 3.53. The van der Waals surface area contributed by atoms with Gasteiger partial charge in [-0.05, 0) is 33.4 Å². The summed E-state index contributed by atoms with van der Waals surface area (Å²) >= 11 is 0. The van der Waals surface area contributed by atoms with Crippen LogP contribution in [0.1, 0.15) is 40.3 Å². The molecule has 4 atom stereocenters. The van der Waals surface area contributed by atoms with Crippen LogP contribution >= 0.6 is 0 Å². The van der Waals surface area contributed by atoms with E-state index in [4.69, 9.17) is 23.7 Å². The maximum atomic E-state index is 12.9. The molecule has 6 aromatic rings. The van der Waals surface area contributed by atoms with Gasteiger partial charge in [0.2, 0.25) is 0 Å². The first-order valence-corrected chi connectivity index (χ1v) is 17.6. The Kier molecular flexibility index (Phi) is 10.7. The van der Waals surface area contributed by atoms with Crippen LogP contribution in [0.2, 0.25) is 0 Å². The Morgan fingerprint density at radius 2 is 0.846 bits per heavy atom. The van der Waals surface area contributed by atoms with Gasteiger partial charge in [-0.15, -0.1) is 0 Å². The molecular formula is C46H42O6. The van der Waals surface area contributed by atoms with Gasteiger partial charge in [0.15, 0.2) is 12.4 Å². The van der Waals surface area contributed by atoms with E-state index in [0.29, 0.717) is 0 Å². The summed E-state index contributed by atoms with van der Waals surface area (Å²) in [5, 5.41) is 0. The van der Waals surface area contributed by atoms with Crippen molar-refractivity contribution >= 4 is 5.97 Å². The third kappa shape index (κ3) is 6.82. The monoisotopic (exact) mass is 690 g/mol. The fraction of sp³-hybridized carbons (Fsp3) is 0.196. The molecule has 0 aliphatic carbocycles. The van der Waals surface area contributed by atoms with Crippen LogP contribution in [0.4, 0.5) is 0 Å². The Labute approximate surface area is 305 Å². The number of methoxy groups -OCH3 is 1. The maximum Gasteiger partial charge on any atom is 0.303 e. The highest BCUT2D eigenvalue weighted by atomic mass is 16.7. The van der Waals surface area contributed by atoms with Crippen LogP contribution < -0.4 is 0 Å². The van der Waals surface area contributed by atoms with E-state index in [2.05, 4.69) is 36.4 Å². The predicted molar refractivity (Wildman–Crippen MR) is 200 cm³/mol. The third-order valence-corrected chi connectivity index (χ3v) is 9.66. The van der Waals surface area contributed by atoms with Gasteiger partial charge in [-0.2, -0.15) is 0 Å². The van der Waals surface area contributed by atoms with E-state index in [0.717, 1.165) is 33.4 Å². The summed E-state index contributed by atoms with van der Waals surface area (Å²) in [6, 6.07) is 60.6. The van der Waals surface area contributed by atoms with Crippen LogP contribution in [-0.4, -0.2) is 44.3 Å². The molecule has 7 rings (SSSR count). The first kappa shape index (κ1) is 35.1. The van der Waals surface area contributed by atoms with E-state index in [1.807, 2.05) is 146 Å². The van der Waals surface area contributed by atoms with Gasteiger partial charge in [-0.25, -0.2) is 0 Å². The lowest BCUT2D eigenvalue weighted by atomic mass is 9.79. The molecule has 52 heavy (non-hydrogen) atoms. The maximum absolute atomic E-state index is 12.9. The van der Waals surface area contributed by atoms with Crippen molar-refractivity contribution in [2.24, 2.45) is 0 Å². The second kappa shape index (κ2) is 15.9. The van der Waals surface area contributed by atoms with Crippen LogP contribution in [0.25, 0.3) is 0 Å². The zero-order valence-corrected chi connectivity index (χ0v) is 29.3. The summed E-state index contributed by atoms with van der Waals surface area (Å²) in [5.41, 5.74) is 3.41. The van der Waals surface area contributed by atoms with Crippen molar-refractivity contribution in [3.63, 3.8) is 0 Å². The van der Waals surface area contributed by atoms with Crippen molar-refractivity contribution in [1.82, 2.24) is 0 Å². The Balaban J connectivity index is 1.33. The molecule has 0 bridgehead atoms. The number of carbonyl (C=O) groups excluding carboxylic acids is 1. The standard InChI is InChI=1S/C46H42O6/c1-34(47)50-42-41(33-49-45(35-21-9-3-10-22-35,36-23-11-4-12-24-36)37-25-13-5-14-26-37)51-44(48-2)43(42)52-46(38-27-15-6-16-28-38,39-29-17-7-18-30-39)40-31-19-8-20-32-40/h3-32,41-44H,33H2,1-2H3/t41-,42-,43+,44+/m0/s1. The number of hydrogen-bond donors (Lipinski definition) is 0. The van der Waals surface area contributed by atoms with Gasteiger partial charge >= 0.3 is 5.97 Å². The molecule has 1 heterocycles. The van der Waals surface area contributed by atoms with Crippen molar-refractivity contribution < 1.29 is 28.5 Å². The predicted octanol–water partition coefficient (Wildman–Crippen LogP) is 8.68. The summed E-state index contributed by atoms with van der Waals surface area (Å²) in [6.45, 7) is 1.45. The number of rotatable bonds is 13. The normalized spacial score (nSPS) is 18.9. The molecule has 1 aliphatic heterocycles. The molecule has 0 amide bonds. The molecule has 0 saturated carbocycles. The molecule has 0 spiro atoms. The fourth-order valence-corrected chi connectivity index (χ4v) is 7.38. The number of hydrogen-bond acceptors (Lipinski definition) is 6. The lowest BCUT2D eigenvalue weighted by Crippen LogP contribution is -2.47. The number of carbonyl (C=O) groups is 1. The molecule has 6 heteroatoms. The van der Waals surface area contributed by atoms with Crippen molar-refractivity contribution in [1.29, 1.82) is 0 Å². The van der Waals surface area contributed by atoms with E-state index in [1.54, 1.807) is 7.11 Å². The largest absolute Gasteiger partial charge is 0.457 e. The minimum atomic E-state index is -1.12. The molecule has 262 valence electrons. The van der Waals surface area contributed by atoms with Gasteiger partial charge in [0, 0.05) is 14.0 Å². The Morgan fingerprint density at radius 3 is 1.15 bits per heavy atom. The average molecular weight is 691 g/mol. The van der Waals surface area contributed by atoms with E-state index in [9.17, 15) is 4.79 Å². The molecule has 6 aromatic carbocycles. The van der Waals surface area contributed by atoms with Crippen LogP contribution in [-0.2, 0) is 39.7 Å². The molecule has 0 aromatic heterocycles. The summed E-state index contributed by atoms with van der Waals surface area (Å²) in [6.07, 6.45) is -3.40. The lowest BCUT2D eigenvalue weighted by Gasteiger charge is -2.40. The second-order valence-electron chi connectivity index (χ2n) is 12.8. The molecule has 1 fully saturated rings. The van der Waals surface area contributed by atoms with Crippen LogP contribution in [0.5, 0.6) is 0 Å². The Bertz CT molecular complexity index is 1800.